The number of nitrogens with zero attached hydrogens (tertiary/aromatic N) is 1. The van der Waals surface area contributed by atoms with Crippen LogP contribution >= 0.6 is 0 Å². The third-order valence-corrected chi connectivity index (χ3v) is 3.03. The van der Waals surface area contributed by atoms with Crippen molar-refractivity contribution in [2.45, 2.75) is 38.6 Å². The highest BCUT2D eigenvalue weighted by Crippen LogP contribution is 2.21. The summed E-state index contributed by atoms with van der Waals surface area (Å²) in [5.41, 5.74) is 5.59. The molecule has 2 amide bonds. The number of carbonyl (C=O) groups is 3. The number of carbonyl (C=O) groups excluding carboxylic acids is 2. The van der Waals surface area contributed by atoms with Gasteiger partial charge in [-0.2, -0.15) is 0 Å². The summed E-state index contributed by atoms with van der Waals surface area (Å²) in [6, 6.07) is 7.49. The molecule has 0 aliphatic heterocycles. The molecule has 1 atom stereocenters. The fourth-order valence-corrected chi connectivity index (χ4v) is 2.06. The van der Waals surface area contributed by atoms with Gasteiger partial charge in [0.1, 0.15) is 6.04 Å². The summed E-state index contributed by atoms with van der Waals surface area (Å²) in [7, 11) is 0. The van der Waals surface area contributed by atoms with Crippen molar-refractivity contribution in [1.82, 2.24) is 0 Å². The second kappa shape index (κ2) is 8.04. The lowest BCUT2D eigenvalue weighted by Crippen LogP contribution is -2.45. The lowest BCUT2D eigenvalue weighted by molar-refractivity contribution is -0.140. The Morgan fingerprint density at radius 2 is 1.81 bits per heavy atom. The first-order valence-corrected chi connectivity index (χ1v) is 6.85. The number of nitrogens with two attached hydrogens (primary N) is 1. The summed E-state index contributed by atoms with van der Waals surface area (Å²) in [5, 5.41) is 9.39. The lowest BCUT2D eigenvalue weighted by Gasteiger charge is -2.29. The van der Waals surface area contributed by atoms with Crippen molar-refractivity contribution >= 4 is 23.5 Å². The van der Waals surface area contributed by atoms with Crippen LogP contribution in [0.4, 0.5) is 5.69 Å². The summed E-state index contributed by atoms with van der Waals surface area (Å²) in [6.45, 7) is 1.85. The number of hydrogen-bond donors (Lipinski definition) is 2. The van der Waals surface area contributed by atoms with Crippen molar-refractivity contribution in [3.05, 3.63) is 30.3 Å². The minimum Gasteiger partial charge on any atom is -0.480 e. The Balaban J connectivity index is 3.09. The molecule has 1 unspecified atom stereocenters. The second-order valence-corrected chi connectivity index (χ2v) is 4.71. The Hall–Kier alpha value is -2.37. The van der Waals surface area contributed by atoms with Gasteiger partial charge in [-0.1, -0.05) is 25.1 Å². The fraction of sp³-hybridized carbons (Fsp3) is 0.400. The van der Waals surface area contributed by atoms with Gasteiger partial charge in [0.25, 0.3) is 0 Å². The van der Waals surface area contributed by atoms with E-state index < -0.39 is 17.9 Å². The van der Waals surface area contributed by atoms with Crippen LogP contribution in [0.2, 0.25) is 0 Å². The van der Waals surface area contributed by atoms with Crippen molar-refractivity contribution in [3.8, 4) is 0 Å². The first-order chi connectivity index (χ1) is 9.97. The van der Waals surface area contributed by atoms with E-state index in [-0.39, 0.29) is 25.2 Å². The number of carboxylic acid groups (broad SMARTS) is 1. The number of benzene rings is 1. The molecule has 21 heavy (non-hydrogen) atoms. The minimum absolute atomic E-state index is 0.00495. The Bertz CT molecular complexity index is 502. The van der Waals surface area contributed by atoms with Crippen molar-refractivity contribution in [3.63, 3.8) is 0 Å². The van der Waals surface area contributed by atoms with E-state index in [1.165, 1.54) is 4.90 Å². The van der Waals surface area contributed by atoms with Crippen molar-refractivity contribution in [1.29, 1.82) is 0 Å². The average molecular weight is 292 g/mol. The largest absolute Gasteiger partial charge is 0.480 e. The van der Waals surface area contributed by atoms with Gasteiger partial charge in [-0.3, -0.25) is 14.5 Å². The van der Waals surface area contributed by atoms with Crippen LogP contribution in [0.5, 0.6) is 0 Å². The molecule has 1 aromatic rings. The number of para-hydroxylation sites is 1. The zero-order chi connectivity index (χ0) is 15.8. The third-order valence-electron chi connectivity index (χ3n) is 3.03. The summed E-state index contributed by atoms with van der Waals surface area (Å²) < 4.78 is 0. The topological polar surface area (TPSA) is 101 Å². The summed E-state index contributed by atoms with van der Waals surface area (Å²) in [5.74, 6) is -2.01. The molecule has 1 rings (SSSR count). The van der Waals surface area contributed by atoms with E-state index in [0.29, 0.717) is 12.1 Å². The maximum absolute atomic E-state index is 12.3. The van der Waals surface area contributed by atoms with E-state index in [0.717, 1.165) is 0 Å². The minimum atomic E-state index is -1.15. The Morgan fingerprint density at radius 1 is 1.19 bits per heavy atom. The monoisotopic (exact) mass is 292 g/mol. The molecular weight excluding hydrogens is 272 g/mol. The number of rotatable bonds is 8. The maximum atomic E-state index is 12.3. The van der Waals surface area contributed by atoms with Crippen molar-refractivity contribution in [2.24, 2.45) is 5.73 Å². The Morgan fingerprint density at radius 3 is 2.29 bits per heavy atom. The van der Waals surface area contributed by atoms with E-state index in [4.69, 9.17) is 5.73 Å². The van der Waals surface area contributed by atoms with E-state index in [2.05, 4.69) is 0 Å². The second-order valence-electron chi connectivity index (χ2n) is 4.71. The molecule has 114 valence electrons. The molecule has 6 heteroatoms. The van der Waals surface area contributed by atoms with Crippen LogP contribution in [0.1, 0.15) is 32.6 Å². The molecule has 0 bridgehead atoms. The van der Waals surface area contributed by atoms with E-state index in [1.807, 2.05) is 6.92 Å². The highest BCUT2D eigenvalue weighted by Gasteiger charge is 2.30. The maximum Gasteiger partial charge on any atom is 0.326 e. The number of amides is 2. The molecule has 0 radical (unpaired) electrons. The Kier molecular flexibility index (Phi) is 6.39. The standard InChI is InChI=1S/C15H20N2O4/c1-2-6-14(19)17(11-7-4-3-5-8-11)12(15(20)21)9-10-13(16)18/h3-5,7-8,12H,2,6,9-10H2,1H3,(H2,16,18)(H,20,21). The smallest absolute Gasteiger partial charge is 0.326 e. The van der Waals surface area contributed by atoms with Crippen molar-refractivity contribution in [2.75, 3.05) is 4.90 Å². The molecule has 0 aliphatic carbocycles. The van der Waals surface area contributed by atoms with Gasteiger partial charge in [-0.15, -0.1) is 0 Å². The predicted molar refractivity (Wildman–Crippen MR) is 78.7 cm³/mol. The molecule has 0 heterocycles. The van der Waals surface area contributed by atoms with Crippen LogP contribution in [0.3, 0.4) is 0 Å². The van der Waals surface area contributed by atoms with E-state index in [9.17, 15) is 19.5 Å². The highest BCUT2D eigenvalue weighted by molar-refractivity contribution is 5.99. The number of anilines is 1. The van der Waals surface area contributed by atoms with Gasteiger partial charge in [-0.05, 0) is 25.0 Å². The van der Waals surface area contributed by atoms with Crippen LogP contribution in [0.15, 0.2) is 30.3 Å². The first-order valence-electron chi connectivity index (χ1n) is 6.85. The zero-order valence-electron chi connectivity index (χ0n) is 12.0. The van der Waals surface area contributed by atoms with E-state index >= 15 is 0 Å². The highest BCUT2D eigenvalue weighted by atomic mass is 16.4. The number of primary amides is 1. The number of hydrogen-bond acceptors (Lipinski definition) is 3. The number of carboxylic acids is 1. The van der Waals surface area contributed by atoms with Gasteiger partial charge in [0.05, 0.1) is 0 Å². The molecule has 1 aromatic carbocycles. The molecular formula is C15H20N2O4. The van der Waals surface area contributed by atoms with Crippen LogP contribution in [0.25, 0.3) is 0 Å². The molecule has 6 nitrogen and oxygen atoms in total. The third kappa shape index (κ3) is 4.91. The lowest BCUT2D eigenvalue weighted by atomic mass is 10.1. The molecule has 0 saturated heterocycles. The summed E-state index contributed by atoms with van der Waals surface area (Å²) in [4.78, 5) is 35.9. The van der Waals surface area contributed by atoms with Gasteiger partial charge < -0.3 is 10.8 Å². The first kappa shape index (κ1) is 16.7. The zero-order valence-corrected chi connectivity index (χ0v) is 12.0. The van der Waals surface area contributed by atoms with Gasteiger partial charge in [-0.25, -0.2) is 4.79 Å². The molecule has 0 spiro atoms. The van der Waals surface area contributed by atoms with Crippen LogP contribution in [0, 0.1) is 0 Å². The van der Waals surface area contributed by atoms with Gasteiger partial charge >= 0.3 is 5.97 Å². The van der Waals surface area contributed by atoms with Crippen LogP contribution in [-0.2, 0) is 14.4 Å². The van der Waals surface area contributed by atoms with Gasteiger partial charge in [0, 0.05) is 18.5 Å². The molecule has 3 N–H and O–H groups in total. The summed E-state index contributed by atoms with van der Waals surface area (Å²) in [6.07, 6.45) is 0.772. The van der Waals surface area contributed by atoms with Crippen molar-refractivity contribution < 1.29 is 19.5 Å². The van der Waals surface area contributed by atoms with Crippen LogP contribution < -0.4 is 10.6 Å². The van der Waals surface area contributed by atoms with Gasteiger partial charge in [0.2, 0.25) is 11.8 Å². The average Bonchev–Trinajstić information content (AvgIpc) is 2.43. The molecule has 0 aromatic heterocycles. The van der Waals surface area contributed by atoms with Crippen LogP contribution in [-0.4, -0.2) is 28.9 Å². The quantitative estimate of drug-likeness (QED) is 0.758. The molecule has 0 saturated carbocycles. The SMILES string of the molecule is CCCC(=O)N(c1ccccc1)C(CCC(N)=O)C(=O)O. The fourth-order valence-electron chi connectivity index (χ4n) is 2.06. The number of aliphatic carboxylic acids is 1. The van der Waals surface area contributed by atoms with E-state index in [1.54, 1.807) is 30.3 Å². The van der Waals surface area contributed by atoms with Gasteiger partial charge in [0.15, 0.2) is 0 Å². The molecule has 0 fully saturated rings. The normalized spacial score (nSPS) is 11.7. The predicted octanol–water partition coefficient (Wildman–Crippen LogP) is 1.54. The molecule has 0 aliphatic rings. The Labute approximate surface area is 123 Å². The summed E-state index contributed by atoms with van der Waals surface area (Å²) >= 11 is 0.